The van der Waals surface area contributed by atoms with Crippen LogP contribution in [0.15, 0.2) is 24.3 Å². The molecule has 1 heterocycles. The van der Waals surface area contributed by atoms with Crippen LogP contribution in [-0.2, 0) is 4.79 Å². The average Bonchev–Trinajstić information content (AvgIpc) is 2.60. The topological polar surface area (TPSA) is 41.1 Å². The summed E-state index contributed by atoms with van der Waals surface area (Å²) in [7, 11) is 0. The van der Waals surface area contributed by atoms with Crippen molar-refractivity contribution in [2.45, 2.75) is 12.8 Å². The standard InChI is InChI=1S/C14H17FN2O/c15-11-2-1-3-12(6-11)17-14(18)13-9-4-5-10(13)8-16-7-9/h1-3,6,9-10,13,16H,4-5,7-8H2,(H,17,18)/t9-,10-/m0/s1. The molecule has 3 nitrogen and oxygen atoms in total. The van der Waals surface area contributed by atoms with E-state index in [9.17, 15) is 9.18 Å². The lowest BCUT2D eigenvalue weighted by Crippen LogP contribution is -2.43. The van der Waals surface area contributed by atoms with Crippen molar-refractivity contribution in [2.75, 3.05) is 18.4 Å². The lowest BCUT2D eigenvalue weighted by Gasteiger charge is -2.29. The van der Waals surface area contributed by atoms with Crippen molar-refractivity contribution in [3.05, 3.63) is 30.1 Å². The van der Waals surface area contributed by atoms with Crippen molar-refractivity contribution in [1.82, 2.24) is 5.32 Å². The van der Waals surface area contributed by atoms with E-state index in [-0.39, 0.29) is 17.6 Å². The molecular weight excluding hydrogens is 231 g/mol. The molecule has 2 fully saturated rings. The summed E-state index contributed by atoms with van der Waals surface area (Å²) in [4.78, 5) is 12.3. The number of carbonyl (C=O) groups is 1. The van der Waals surface area contributed by atoms with Gasteiger partial charge >= 0.3 is 0 Å². The van der Waals surface area contributed by atoms with Crippen LogP contribution in [0, 0.1) is 23.6 Å². The first-order valence-corrected chi connectivity index (χ1v) is 6.51. The molecule has 2 atom stereocenters. The van der Waals surface area contributed by atoms with Crippen LogP contribution in [-0.4, -0.2) is 19.0 Å². The fraction of sp³-hybridized carbons (Fsp3) is 0.500. The molecule has 1 saturated carbocycles. The summed E-state index contributed by atoms with van der Waals surface area (Å²) in [5.41, 5.74) is 0.554. The number of hydrogen-bond acceptors (Lipinski definition) is 2. The third kappa shape index (κ3) is 2.12. The molecule has 4 heteroatoms. The van der Waals surface area contributed by atoms with Gasteiger partial charge in [0.15, 0.2) is 0 Å². The van der Waals surface area contributed by atoms with Crippen LogP contribution in [0.4, 0.5) is 10.1 Å². The number of carbonyl (C=O) groups excluding carboxylic acids is 1. The molecule has 1 aromatic carbocycles. The third-order valence-electron chi connectivity index (χ3n) is 4.13. The summed E-state index contributed by atoms with van der Waals surface area (Å²) in [6.07, 6.45) is 2.25. The molecule has 1 aliphatic heterocycles. The Hall–Kier alpha value is -1.42. The van der Waals surface area contributed by atoms with E-state index < -0.39 is 0 Å². The van der Waals surface area contributed by atoms with E-state index in [1.54, 1.807) is 12.1 Å². The molecule has 2 aliphatic rings. The molecule has 0 aromatic heterocycles. The summed E-state index contributed by atoms with van der Waals surface area (Å²) in [6, 6.07) is 6.08. The van der Waals surface area contributed by atoms with Crippen LogP contribution in [0.25, 0.3) is 0 Å². The number of anilines is 1. The Kier molecular flexibility index (Phi) is 3.04. The van der Waals surface area contributed by atoms with Crippen LogP contribution in [0.3, 0.4) is 0 Å². The Morgan fingerprint density at radius 2 is 2.00 bits per heavy atom. The van der Waals surface area contributed by atoms with Crippen LogP contribution >= 0.6 is 0 Å². The number of nitrogens with one attached hydrogen (secondary N) is 2. The number of rotatable bonds is 2. The molecule has 3 rings (SSSR count). The molecule has 0 unspecified atom stereocenters. The number of amides is 1. The molecule has 1 aliphatic carbocycles. The molecule has 18 heavy (non-hydrogen) atoms. The van der Waals surface area contributed by atoms with Gasteiger partial charge in [0.1, 0.15) is 5.82 Å². The molecular formula is C14H17FN2O. The minimum absolute atomic E-state index is 0.0506. The van der Waals surface area contributed by atoms with E-state index in [4.69, 9.17) is 0 Å². The Morgan fingerprint density at radius 1 is 1.28 bits per heavy atom. The largest absolute Gasteiger partial charge is 0.326 e. The first kappa shape index (κ1) is 11.7. The predicted molar refractivity (Wildman–Crippen MR) is 67.6 cm³/mol. The second-order valence-corrected chi connectivity index (χ2v) is 5.28. The second-order valence-electron chi connectivity index (χ2n) is 5.28. The van der Waals surface area contributed by atoms with Gasteiger partial charge in [-0.25, -0.2) is 4.39 Å². The molecule has 2 N–H and O–H groups in total. The minimum atomic E-state index is -0.318. The number of halogens is 1. The van der Waals surface area contributed by atoms with E-state index in [1.807, 2.05) is 0 Å². The van der Waals surface area contributed by atoms with Gasteiger partial charge in [-0.05, 0) is 56.0 Å². The van der Waals surface area contributed by atoms with Crippen LogP contribution in [0.1, 0.15) is 12.8 Å². The van der Waals surface area contributed by atoms with E-state index in [2.05, 4.69) is 10.6 Å². The summed E-state index contributed by atoms with van der Waals surface area (Å²) < 4.78 is 13.1. The predicted octanol–water partition coefficient (Wildman–Crippen LogP) is 2.01. The fourth-order valence-corrected chi connectivity index (χ4v) is 3.30. The highest BCUT2D eigenvalue weighted by Crippen LogP contribution is 2.39. The third-order valence-corrected chi connectivity index (χ3v) is 4.13. The maximum atomic E-state index is 13.1. The highest BCUT2D eigenvalue weighted by molar-refractivity contribution is 5.93. The van der Waals surface area contributed by atoms with Gasteiger partial charge in [0.25, 0.3) is 0 Å². The summed E-state index contributed by atoms with van der Waals surface area (Å²) in [5.74, 6) is 0.708. The Labute approximate surface area is 106 Å². The Bertz CT molecular complexity index is 447. The lowest BCUT2D eigenvalue weighted by molar-refractivity contribution is -0.122. The van der Waals surface area contributed by atoms with E-state index in [1.165, 1.54) is 12.1 Å². The highest BCUT2D eigenvalue weighted by Gasteiger charge is 2.43. The first-order valence-electron chi connectivity index (χ1n) is 6.51. The number of fused-ring (bicyclic) bond motifs is 2. The molecule has 1 amide bonds. The van der Waals surface area contributed by atoms with E-state index in [0.717, 1.165) is 25.9 Å². The van der Waals surface area contributed by atoms with Crippen molar-refractivity contribution < 1.29 is 9.18 Å². The minimum Gasteiger partial charge on any atom is -0.326 e. The quantitative estimate of drug-likeness (QED) is 0.840. The lowest BCUT2D eigenvalue weighted by atomic mass is 9.85. The Balaban J connectivity index is 1.72. The molecule has 0 spiro atoms. The first-order chi connectivity index (χ1) is 8.74. The molecule has 2 bridgehead atoms. The van der Waals surface area contributed by atoms with Crippen molar-refractivity contribution in [1.29, 1.82) is 0 Å². The fourth-order valence-electron chi connectivity index (χ4n) is 3.30. The molecule has 0 radical (unpaired) electrons. The smallest absolute Gasteiger partial charge is 0.228 e. The van der Waals surface area contributed by atoms with Crippen molar-refractivity contribution >= 4 is 11.6 Å². The van der Waals surface area contributed by atoms with Gasteiger partial charge in [-0.2, -0.15) is 0 Å². The SMILES string of the molecule is O=C(Nc1cccc(F)c1)C1[C@H]2CC[C@H]1CNC2. The van der Waals surface area contributed by atoms with Crippen LogP contribution in [0.2, 0.25) is 0 Å². The normalized spacial score (nSPS) is 30.2. The van der Waals surface area contributed by atoms with Crippen molar-refractivity contribution in [3.63, 3.8) is 0 Å². The van der Waals surface area contributed by atoms with Gasteiger partial charge in [-0.15, -0.1) is 0 Å². The number of hydrogen-bond donors (Lipinski definition) is 2. The average molecular weight is 248 g/mol. The van der Waals surface area contributed by atoms with E-state index >= 15 is 0 Å². The van der Waals surface area contributed by atoms with Gasteiger partial charge in [-0.3, -0.25) is 4.79 Å². The highest BCUT2D eigenvalue weighted by atomic mass is 19.1. The maximum absolute atomic E-state index is 13.1. The van der Waals surface area contributed by atoms with Gasteiger partial charge in [0, 0.05) is 11.6 Å². The molecule has 1 saturated heterocycles. The van der Waals surface area contributed by atoms with Crippen LogP contribution < -0.4 is 10.6 Å². The van der Waals surface area contributed by atoms with E-state index in [0.29, 0.717) is 17.5 Å². The van der Waals surface area contributed by atoms with Crippen molar-refractivity contribution in [3.8, 4) is 0 Å². The maximum Gasteiger partial charge on any atom is 0.228 e. The Morgan fingerprint density at radius 3 is 2.67 bits per heavy atom. The zero-order valence-electron chi connectivity index (χ0n) is 10.2. The number of piperidine rings is 1. The van der Waals surface area contributed by atoms with Crippen molar-refractivity contribution in [2.24, 2.45) is 17.8 Å². The van der Waals surface area contributed by atoms with Gasteiger partial charge < -0.3 is 10.6 Å². The zero-order valence-corrected chi connectivity index (χ0v) is 10.2. The summed E-state index contributed by atoms with van der Waals surface area (Å²) in [6.45, 7) is 1.86. The monoisotopic (exact) mass is 248 g/mol. The second kappa shape index (κ2) is 4.69. The molecule has 1 aromatic rings. The van der Waals surface area contributed by atoms with Crippen LogP contribution in [0.5, 0.6) is 0 Å². The number of benzene rings is 1. The van der Waals surface area contributed by atoms with Gasteiger partial charge in [-0.1, -0.05) is 6.07 Å². The summed E-state index contributed by atoms with van der Waals surface area (Å²) in [5, 5.41) is 6.21. The zero-order chi connectivity index (χ0) is 12.5. The molecule has 96 valence electrons. The summed E-state index contributed by atoms with van der Waals surface area (Å²) >= 11 is 0. The van der Waals surface area contributed by atoms with Gasteiger partial charge in [0.2, 0.25) is 5.91 Å². The van der Waals surface area contributed by atoms with Gasteiger partial charge in [0.05, 0.1) is 0 Å².